The number of aliphatic hydroxyl groups excluding tert-OH is 2. The molecule has 0 bridgehead atoms. The molecule has 1 aromatic carbocycles. The molecule has 0 radical (unpaired) electrons. The summed E-state index contributed by atoms with van der Waals surface area (Å²) in [5.74, 6) is -2.77. The molecule has 158 valence electrons. The summed E-state index contributed by atoms with van der Waals surface area (Å²) in [6, 6.07) is 5.52. The average molecular weight is 454 g/mol. The monoisotopic (exact) mass is 453 g/mol. The molecule has 0 aliphatic heterocycles. The van der Waals surface area contributed by atoms with Crippen molar-refractivity contribution in [3.63, 3.8) is 0 Å². The average Bonchev–Trinajstić information content (AvgIpc) is 2.53. The number of carboxylic acids is 2. The summed E-state index contributed by atoms with van der Waals surface area (Å²) in [6.07, 6.45) is -2.12. The van der Waals surface area contributed by atoms with E-state index in [0.29, 0.717) is 23.0 Å². The van der Waals surface area contributed by atoms with Crippen LogP contribution >= 0.6 is 35.4 Å². The van der Waals surface area contributed by atoms with Gasteiger partial charge in [-0.05, 0) is 50.7 Å². The van der Waals surface area contributed by atoms with E-state index in [9.17, 15) is 14.7 Å². The molecule has 10 heteroatoms. The van der Waals surface area contributed by atoms with Crippen molar-refractivity contribution in [2.75, 3.05) is 6.54 Å². The largest absolute Gasteiger partial charge is 0.502 e. The Morgan fingerprint density at radius 2 is 1.68 bits per heavy atom. The van der Waals surface area contributed by atoms with Gasteiger partial charge in [-0.25, -0.2) is 4.79 Å². The van der Waals surface area contributed by atoms with Gasteiger partial charge in [0.25, 0.3) is 0 Å². The highest BCUT2D eigenvalue weighted by molar-refractivity contribution is 7.80. The zero-order valence-corrected chi connectivity index (χ0v) is 18.1. The lowest BCUT2D eigenvalue weighted by molar-refractivity contribution is -0.152. The van der Waals surface area contributed by atoms with E-state index in [2.05, 4.69) is 26.1 Å². The van der Waals surface area contributed by atoms with E-state index in [1.165, 1.54) is 0 Å². The Hall–Kier alpha value is -1.45. The zero-order valence-electron chi connectivity index (χ0n) is 15.8. The summed E-state index contributed by atoms with van der Waals surface area (Å²) >= 11 is 16.8. The Labute approximate surface area is 179 Å². The van der Waals surface area contributed by atoms with Crippen LogP contribution in [0.2, 0.25) is 10.0 Å². The number of hydrogen-bond donors (Lipinski definition) is 5. The van der Waals surface area contributed by atoms with Gasteiger partial charge in [-0.1, -0.05) is 29.3 Å². The molecule has 0 fully saturated rings. The Balaban J connectivity index is 0.000000684. The van der Waals surface area contributed by atoms with Crippen LogP contribution < -0.4 is 5.32 Å². The zero-order chi connectivity index (χ0) is 22.1. The van der Waals surface area contributed by atoms with Gasteiger partial charge in [0.05, 0.1) is 16.5 Å². The summed E-state index contributed by atoms with van der Waals surface area (Å²) in [7, 11) is 0. The Bertz CT molecular complexity index is 693. The van der Waals surface area contributed by atoms with E-state index in [1.54, 1.807) is 6.07 Å². The normalized spacial score (nSPS) is 13.1. The minimum atomic E-state index is -1.79. The lowest BCUT2D eigenvalue weighted by Crippen LogP contribution is -2.38. The first-order valence-corrected chi connectivity index (χ1v) is 9.43. The first-order chi connectivity index (χ1) is 12.7. The fourth-order valence-corrected chi connectivity index (χ4v) is 2.47. The van der Waals surface area contributed by atoms with Gasteiger partial charge in [0.2, 0.25) is 0 Å². The molecule has 7 nitrogen and oxygen atoms in total. The van der Waals surface area contributed by atoms with Crippen molar-refractivity contribution >= 4 is 52.4 Å². The molecule has 0 heterocycles. The summed E-state index contributed by atoms with van der Waals surface area (Å²) < 4.78 is 0. The van der Waals surface area contributed by atoms with Gasteiger partial charge in [0.1, 0.15) is 0 Å². The number of aliphatic carboxylic acids is 2. The number of nitrogens with one attached hydrogen (secondary N) is 1. The third-order valence-corrected chi connectivity index (χ3v) is 4.27. The first kappa shape index (κ1) is 26.6. The maximum atomic E-state index is 9.72. The number of rotatable bonds is 8. The van der Waals surface area contributed by atoms with Crippen LogP contribution in [0.15, 0.2) is 18.2 Å². The van der Waals surface area contributed by atoms with Crippen LogP contribution in [0, 0.1) is 0 Å². The molecule has 0 spiro atoms. The molecule has 0 saturated heterocycles. The van der Waals surface area contributed by atoms with E-state index in [4.69, 9.17) is 50.7 Å². The highest BCUT2D eigenvalue weighted by Gasteiger charge is 2.18. The van der Waals surface area contributed by atoms with Gasteiger partial charge in [0.15, 0.2) is 11.2 Å². The van der Waals surface area contributed by atoms with Crippen molar-refractivity contribution in [3.05, 3.63) is 33.8 Å². The molecule has 0 aromatic heterocycles. The molecule has 0 aliphatic rings. The van der Waals surface area contributed by atoms with E-state index < -0.39 is 24.5 Å². The van der Waals surface area contributed by atoms with Crippen molar-refractivity contribution < 1.29 is 30.0 Å². The topological polar surface area (TPSA) is 127 Å². The van der Waals surface area contributed by atoms with Crippen LogP contribution in [0.25, 0.3) is 0 Å². The van der Waals surface area contributed by atoms with Crippen LogP contribution in [0.3, 0.4) is 0 Å². The highest BCUT2D eigenvalue weighted by atomic mass is 35.5. The predicted octanol–water partition coefficient (Wildman–Crippen LogP) is 3.65. The number of benzene rings is 1. The van der Waals surface area contributed by atoms with Gasteiger partial charge in [0, 0.05) is 24.4 Å². The number of halogens is 2. The van der Waals surface area contributed by atoms with Crippen LogP contribution in [-0.4, -0.2) is 55.6 Å². The summed E-state index contributed by atoms with van der Waals surface area (Å²) in [5.41, 5.74) is 1.02. The van der Waals surface area contributed by atoms with Crippen molar-refractivity contribution in [3.8, 4) is 0 Å². The number of carbonyl (C=O) groups is 2. The highest BCUT2D eigenvalue weighted by Crippen LogP contribution is 2.28. The molecule has 28 heavy (non-hydrogen) atoms. The fourth-order valence-electron chi connectivity index (χ4n) is 1.97. The predicted molar refractivity (Wildman–Crippen MR) is 113 cm³/mol. The Kier molecular flexibility index (Phi) is 11.6. The number of carboxylic acid groups (broad SMARTS) is 2. The van der Waals surface area contributed by atoms with Gasteiger partial charge >= 0.3 is 11.9 Å². The van der Waals surface area contributed by atoms with E-state index >= 15 is 0 Å². The standard InChI is InChI=1S/C14H19Cl2NOS.C4H6O5/c1-14(2,3)17-8-10(7-13(18)19)9-4-5-11(15)12(16)6-9;5-2(4(8)9)1-3(6)7/h4-6,10,17H,7-8H2,1-3H3,(H,18,19);2,5H,1H2,(H,6,7)(H,8,9). The second-order valence-corrected chi connectivity index (χ2v) is 8.34. The number of aliphatic hydroxyl groups is 2. The molecule has 0 saturated carbocycles. The molecule has 0 aliphatic carbocycles. The molecule has 2 unspecified atom stereocenters. The molecule has 1 rings (SSSR count). The molecule has 0 amide bonds. The summed E-state index contributed by atoms with van der Waals surface area (Å²) in [6.45, 7) is 6.99. The number of hydrogen-bond acceptors (Lipinski definition) is 5. The molecule has 1 aromatic rings. The van der Waals surface area contributed by atoms with Crippen molar-refractivity contribution in [1.29, 1.82) is 0 Å². The van der Waals surface area contributed by atoms with Crippen LogP contribution in [-0.2, 0) is 9.59 Å². The first-order valence-electron chi connectivity index (χ1n) is 8.27. The van der Waals surface area contributed by atoms with E-state index in [1.807, 2.05) is 12.1 Å². The van der Waals surface area contributed by atoms with E-state index in [0.717, 1.165) is 5.56 Å². The Morgan fingerprint density at radius 3 is 2.04 bits per heavy atom. The van der Waals surface area contributed by atoms with Gasteiger partial charge in [-0.15, -0.1) is 0 Å². The second-order valence-electron chi connectivity index (χ2n) is 7.05. The number of thiocarbonyl (C=S) groups is 1. The molecular weight excluding hydrogens is 429 g/mol. The third kappa shape index (κ3) is 12.1. The molecule has 2 atom stereocenters. The molecular formula is C18H25Cl2NO6S. The van der Waals surface area contributed by atoms with Crippen LogP contribution in [0.5, 0.6) is 0 Å². The van der Waals surface area contributed by atoms with Gasteiger partial charge in [-0.2, -0.15) is 0 Å². The van der Waals surface area contributed by atoms with E-state index in [-0.39, 0.29) is 16.5 Å². The fraction of sp³-hybridized carbons (Fsp3) is 0.500. The Morgan fingerprint density at radius 1 is 1.11 bits per heavy atom. The minimum Gasteiger partial charge on any atom is -0.502 e. The molecule has 5 N–H and O–H groups in total. The van der Waals surface area contributed by atoms with Crippen molar-refractivity contribution in [2.24, 2.45) is 0 Å². The summed E-state index contributed by atoms with van der Waals surface area (Å²) in [4.78, 5) is 19.4. The second kappa shape index (κ2) is 12.2. The maximum Gasteiger partial charge on any atom is 0.333 e. The lowest BCUT2D eigenvalue weighted by Gasteiger charge is -2.25. The maximum absolute atomic E-state index is 9.72. The van der Waals surface area contributed by atoms with Crippen molar-refractivity contribution in [1.82, 2.24) is 5.32 Å². The van der Waals surface area contributed by atoms with Crippen molar-refractivity contribution in [2.45, 2.75) is 51.2 Å². The minimum absolute atomic E-state index is 0.00550. The SMILES string of the molecule is CC(C)(C)NCC(CC(O)=S)c1ccc(Cl)c(Cl)c1.O=C(O)CC(O)C(=O)O. The van der Waals surface area contributed by atoms with Crippen LogP contribution in [0.1, 0.15) is 45.1 Å². The van der Waals surface area contributed by atoms with Gasteiger partial charge < -0.3 is 25.7 Å². The smallest absolute Gasteiger partial charge is 0.333 e. The van der Waals surface area contributed by atoms with Crippen LogP contribution in [0.4, 0.5) is 0 Å². The summed E-state index contributed by atoms with van der Waals surface area (Å²) in [5, 5.41) is 38.0. The lowest BCUT2D eigenvalue weighted by atomic mass is 9.94. The quantitative estimate of drug-likeness (QED) is 0.377. The third-order valence-electron chi connectivity index (χ3n) is 3.37. The van der Waals surface area contributed by atoms with Gasteiger partial charge in [-0.3, -0.25) is 4.79 Å².